The number of hydrogen-bond donors (Lipinski definition) is 1. The maximum absolute atomic E-state index is 12.7. The molecule has 0 aliphatic heterocycles. The molecule has 0 aliphatic rings. The van der Waals surface area contributed by atoms with Crippen LogP contribution < -0.4 is 5.32 Å². The van der Waals surface area contributed by atoms with Crippen LogP contribution in [0.15, 0.2) is 40.4 Å². The molecule has 8 heteroatoms. The van der Waals surface area contributed by atoms with E-state index in [0.717, 1.165) is 12.8 Å². The molecule has 0 spiro atoms. The Morgan fingerprint density at radius 2 is 1.52 bits per heavy atom. The minimum Gasteiger partial charge on any atom is -0.345 e. The number of allylic oxidation sites excluding steroid dienone is 2. The van der Waals surface area contributed by atoms with Gasteiger partial charge in [0.15, 0.2) is 5.57 Å². The predicted octanol–water partition coefficient (Wildman–Crippen LogP) is 2.73. The molecule has 0 saturated carbocycles. The Kier molecular flexibility index (Phi) is 7.62. The summed E-state index contributed by atoms with van der Waals surface area (Å²) in [6.07, 6.45) is 1.45. The number of nitriles is 3. The van der Waals surface area contributed by atoms with Crippen molar-refractivity contribution in [1.29, 1.82) is 15.8 Å². The van der Waals surface area contributed by atoms with Crippen LogP contribution in [0.1, 0.15) is 26.7 Å². The Hall–Kier alpha value is -2.86. The number of nitrogens with zero attached hydrogens (tertiary/aromatic N) is 4. The first-order valence-corrected chi connectivity index (χ1v) is 9.20. The van der Waals surface area contributed by atoms with Gasteiger partial charge in [0.25, 0.3) is 0 Å². The quantitative estimate of drug-likeness (QED) is 0.714. The van der Waals surface area contributed by atoms with Gasteiger partial charge in [-0.1, -0.05) is 13.8 Å². The summed E-state index contributed by atoms with van der Waals surface area (Å²) in [6, 6.07) is 10.9. The monoisotopic (exact) mass is 357 g/mol. The maximum atomic E-state index is 12.7. The summed E-state index contributed by atoms with van der Waals surface area (Å²) in [6.45, 7) is 4.74. The van der Waals surface area contributed by atoms with Crippen molar-refractivity contribution in [2.75, 3.05) is 18.4 Å². The van der Waals surface area contributed by atoms with E-state index >= 15 is 0 Å². The number of rotatable bonds is 8. The third kappa shape index (κ3) is 5.06. The lowest BCUT2D eigenvalue weighted by molar-refractivity contribution is 0.410. The molecule has 0 aromatic heterocycles. The molecule has 0 fully saturated rings. The second-order valence-electron chi connectivity index (χ2n) is 5.14. The van der Waals surface area contributed by atoms with Crippen LogP contribution in [0.5, 0.6) is 0 Å². The molecule has 0 radical (unpaired) electrons. The van der Waals surface area contributed by atoms with Gasteiger partial charge >= 0.3 is 0 Å². The Labute approximate surface area is 148 Å². The molecule has 130 valence electrons. The molecule has 0 atom stereocenters. The predicted molar refractivity (Wildman–Crippen MR) is 93.3 cm³/mol. The van der Waals surface area contributed by atoms with Gasteiger partial charge in [-0.3, -0.25) is 0 Å². The van der Waals surface area contributed by atoms with Crippen LogP contribution in [0.25, 0.3) is 0 Å². The highest BCUT2D eigenvalue weighted by molar-refractivity contribution is 7.89. The lowest BCUT2D eigenvalue weighted by Gasteiger charge is -2.21. The summed E-state index contributed by atoms with van der Waals surface area (Å²) in [7, 11) is -3.58. The van der Waals surface area contributed by atoms with Crippen molar-refractivity contribution in [3.8, 4) is 18.2 Å². The fraction of sp³-hybridized carbons (Fsp3) is 0.353. The molecule has 1 aromatic carbocycles. The highest BCUT2D eigenvalue weighted by Crippen LogP contribution is 2.20. The van der Waals surface area contributed by atoms with Crippen molar-refractivity contribution in [2.24, 2.45) is 0 Å². The molecule has 0 unspecified atom stereocenters. The molecule has 1 rings (SSSR count). The normalized spacial score (nSPS) is 10.4. The van der Waals surface area contributed by atoms with E-state index in [1.807, 2.05) is 13.8 Å². The largest absolute Gasteiger partial charge is 0.345 e. The molecule has 1 aromatic rings. The van der Waals surface area contributed by atoms with Crippen molar-refractivity contribution in [2.45, 2.75) is 31.6 Å². The third-order valence-electron chi connectivity index (χ3n) is 3.29. The first-order valence-electron chi connectivity index (χ1n) is 7.76. The van der Waals surface area contributed by atoms with Gasteiger partial charge < -0.3 is 5.32 Å². The second kappa shape index (κ2) is 9.44. The first-order chi connectivity index (χ1) is 11.9. The highest BCUT2D eigenvalue weighted by Gasteiger charge is 2.22. The molecule has 0 saturated heterocycles. The summed E-state index contributed by atoms with van der Waals surface area (Å²) in [5.41, 5.74) is -0.105. The number of hydrogen-bond acceptors (Lipinski definition) is 6. The summed E-state index contributed by atoms with van der Waals surface area (Å²) < 4.78 is 26.8. The van der Waals surface area contributed by atoms with E-state index in [2.05, 4.69) is 5.32 Å². The van der Waals surface area contributed by atoms with E-state index in [1.54, 1.807) is 18.2 Å². The number of anilines is 1. The minimum absolute atomic E-state index is 0.156. The van der Waals surface area contributed by atoms with E-state index in [0.29, 0.717) is 18.8 Å². The second-order valence-corrected chi connectivity index (χ2v) is 7.08. The van der Waals surface area contributed by atoms with Gasteiger partial charge in [0, 0.05) is 18.8 Å². The van der Waals surface area contributed by atoms with Gasteiger partial charge in [-0.25, -0.2) is 8.42 Å². The van der Waals surface area contributed by atoms with Gasteiger partial charge in [0.1, 0.15) is 23.9 Å². The number of sulfonamides is 1. The standard InChI is InChI=1S/C17H19N5O2S/c1-3-9-22(10-4-2)25(23,24)16-7-5-15(6-8-16)21-17(13-20)14(11-18)12-19/h5-8,21H,3-4,9-10H2,1-2H3. The molecule has 1 N–H and O–H groups in total. The lowest BCUT2D eigenvalue weighted by Crippen LogP contribution is -2.32. The molecular formula is C17H19N5O2S. The third-order valence-corrected chi connectivity index (χ3v) is 5.21. The van der Waals surface area contributed by atoms with E-state index in [-0.39, 0.29) is 16.2 Å². The number of nitrogens with one attached hydrogen (secondary N) is 1. The first kappa shape index (κ1) is 20.2. The summed E-state index contributed by atoms with van der Waals surface area (Å²) in [4.78, 5) is 0.156. The van der Waals surface area contributed by atoms with Crippen LogP contribution >= 0.6 is 0 Å². The average Bonchev–Trinajstić information content (AvgIpc) is 2.62. The zero-order valence-corrected chi connectivity index (χ0v) is 15.0. The summed E-state index contributed by atoms with van der Waals surface area (Å²) in [5.74, 6) is 0. The molecular weight excluding hydrogens is 338 g/mol. The Balaban J connectivity index is 3.11. The Bertz CT molecular complexity index is 830. The van der Waals surface area contributed by atoms with E-state index in [9.17, 15) is 8.42 Å². The van der Waals surface area contributed by atoms with Crippen LogP contribution in [0, 0.1) is 34.0 Å². The Morgan fingerprint density at radius 3 is 1.92 bits per heavy atom. The summed E-state index contributed by atoms with van der Waals surface area (Å²) in [5, 5.41) is 29.3. The smallest absolute Gasteiger partial charge is 0.243 e. The van der Waals surface area contributed by atoms with Crippen LogP contribution in [0.2, 0.25) is 0 Å². The zero-order valence-electron chi connectivity index (χ0n) is 14.2. The van der Waals surface area contributed by atoms with Crippen molar-refractivity contribution in [3.05, 3.63) is 35.5 Å². The topological polar surface area (TPSA) is 121 Å². The fourth-order valence-corrected chi connectivity index (χ4v) is 3.76. The SMILES string of the molecule is CCCN(CCC)S(=O)(=O)c1ccc(NC(C#N)=C(C#N)C#N)cc1. The average molecular weight is 357 g/mol. The minimum atomic E-state index is -3.58. The molecule has 0 heterocycles. The van der Waals surface area contributed by atoms with E-state index in [1.165, 1.54) is 28.6 Å². The van der Waals surface area contributed by atoms with Crippen molar-refractivity contribution >= 4 is 15.7 Å². The molecule has 0 aliphatic carbocycles. The van der Waals surface area contributed by atoms with Gasteiger partial charge in [-0.2, -0.15) is 20.1 Å². The van der Waals surface area contributed by atoms with Crippen molar-refractivity contribution in [1.82, 2.24) is 4.31 Å². The summed E-state index contributed by atoms with van der Waals surface area (Å²) >= 11 is 0. The molecule has 0 bridgehead atoms. The van der Waals surface area contributed by atoms with Gasteiger partial charge in [0.05, 0.1) is 4.90 Å². The highest BCUT2D eigenvalue weighted by atomic mass is 32.2. The molecule has 25 heavy (non-hydrogen) atoms. The van der Waals surface area contributed by atoms with Gasteiger partial charge in [0.2, 0.25) is 10.0 Å². The van der Waals surface area contributed by atoms with Crippen LogP contribution in [-0.2, 0) is 10.0 Å². The molecule has 0 amide bonds. The maximum Gasteiger partial charge on any atom is 0.243 e. The van der Waals surface area contributed by atoms with Crippen LogP contribution in [-0.4, -0.2) is 25.8 Å². The van der Waals surface area contributed by atoms with E-state index < -0.39 is 10.0 Å². The van der Waals surface area contributed by atoms with Crippen molar-refractivity contribution in [3.63, 3.8) is 0 Å². The van der Waals surface area contributed by atoms with Gasteiger partial charge in [-0.15, -0.1) is 0 Å². The Morgan fingerprint density at radius 1 is 1.00 bits per heavy atom. The van der Waals surface area contributed by atoms with Crippen LogP contribution in [0.4, 0.5) is 5.69 Å². The van der Waals surface area contributed by atoms with Gasteiger partial charge in [-0.05, 0) is 37.1 Å². The van der Waals surface area contributed by atoms with E-state index in [4.69, 9.17) is 15.8 Å². The van der Waals surface area contributed by atoms with Crippen LogP contribution in [0.3, 0.4) is 0 Å². The molecule has 7 nitrogen and oxygen atoms in total. The fourth-order valence-electron chi connectivity index (χ4n) is 2.14. The zero-order chi connectivity index (χ0) is 18.9. The van der Waals surface area contributed by atoms with Crippen molar-refractivity contribution < 1.29 is 8.42 Å². The number of benzene rings is 1. The lowest BCUT2D eigenvalue weighted by atomic mass is 10.2.